The highest BCUT2D eigenvalue weighted by Crippen LogP contribution is 2.18. The molecule has 0 aromatic heterocycles. The molecule has 0 bridgehead atoms. The maximum Gasteiger partial charge on any atom is 0.279 e. The van der Waals surface area contributed by atoms with Crippen LogP contribution in [0, 0.1) is 13.8 Å². The first-order chi connectivity index (χ1) is 13.4. The van der Waals surface area contributed by atoms with E-state index in [1.54, 1.807) is 0 Å². The van der Waals surface area contributed by atoms with Crippen molar-refractivity contribution in [2.45, 2.75) is 40.5 Å². The van der Waals surface area contributed by atoms with E-state index in [9.17, 15) is 9.59 Å². The fourth-order valence-electron chi connectivity index (χ4n) is 3.87. The Morgan fingerprint density at radius 1 is 1.00 bits per heavy atom. The van der Waals surface area contributed by atoms with Crippen molar-refractivity contribution in [2.24, 2.45) is 0 Å². The molecule has 0 spiro atoms. The fraction of sp³-hybridized carbons (Fsp3) is 0.636. The minimum atomic E-state index is 0.0728. The predicted molar refractivity (Wildman–Crippen MR) is 113 cm³/mol. The third-order valence-electron chi connectivity index (χ3n) is 5.74. The Bertz CT molecular complexity index is 634. The number of nitrogens with one attached hydrogen (secondary N) is 3. The van der Waals surface area contributed by atoms with Gasteiger partial charge in [0.05, 0.1) is 0 Å². The first-order valence-corrected chi connectivity index (χ1v) is 10.8. The average molecular weight is 391 g/mol. The smallest absolute Gasteiger partial charge is 0.279 e. The molecule has 6 heteroatoms. The summed E-state index contributed by atoms with van der Waals surface area (Å²) in [5.41, 5.74) is 3.13. The van der Waals surface area contributed by atoms with Crippen LogP contribution in [0.15, 0.2) is 18.2 Å². The number of unbranched alkanes of at least 4 members (excludes halogenated alkanes) is 1. The molecule has 2 amide bonds. The summed E-state index contributed by atoms with van der Waals surface area (Å²) >= 11 is 0. The number of likely N-dealkylation sites (N-methyl/N-ethyl adjacent to an activating group) is 1. The molecular weight excluding hydrogens is 352 g/mol. The normalized spacial score (nSPS) is 19.3. The van der Waals surface area contributed by atoms with Gasteiger partial charge in [0.2, 0.25) is 0 Å². The van der Waals surface area contributed by atoms with Crippen LogP contribution in [0.4, 0.5) is 5.69 Å². The predicted octanol–water partition coefficient (Wildman–Crippen LogP) is -0.326. The van der Waals surface area contributed by atoms with E-state index in [4.69, 9.17) is 0 Å². The standard InChI is InChI=1S/C22H36N4O2/c1-5-7-11-26(6-2)21(28)17-25-14-12-24(13-15-25)16-20(27)23-22-18(3)9-8-10-19(22)4/h8-10H,5-7,11-17H2,1-4H3,(H,23,27)/p+2. The van der Waals surface area contributed by atoms with Gasteiger partial charge in [-0.1, -0.05) is 31.5 Å². The monoisotopic (exact) mass is 390 g/mol. The Morgan fingerprint density at radius 3 is 2.11 bits per heavy atom. The number of rotatable bonds is 9. The lowest BCUT2D eigenvalue weighted by Gasteiger charge is -2.30. The van der Waals surface area contributed by atoms with Crippen LogP contribution in [0.2, 0.25) is 0 Å². The Kier molecular flexibility index (Phi) is 8.93. The number of anilines is 1. The lowest BCUT2D eigenvalue weighted by atomic mass is 10.1. The number of nitrogens with zero attached hydrogens (tertiary/aromatic N) is 1. The summed E-state index contributed by atoms with van der Waals surface area (Å²) in [5, 5.41) is 3.08. The van der Waals surface area contributed by atoms with Crippen molar-refractivity contribution < 1.29 is 19.4 Å². The van der Waals surface area contributed by atoms with Crippen molar-refractivity contribution in [1.29, 1.82) is 0 Å². The number of hydrogen-bond acceptors (Lipinski definition) is 2. The largest absolute Gasteiger partial charge is 0.338 e. The molecule has 0 unspecified atom stereocenters. The Hall–Kier alpha value is -1.92. The van der Waals surface area contributed by atoms with Crippen LogP contribution in [-0.2, 0) is 9.59 Å². The van der Waals surface area contributed by atoms with Crippen LogP contribution < -0.4 is 15.1 Å². The molecule has 0 saturated carbocycles. The van der Waals surface area contributed by atoms with Crippen molar-refractivity contribution in [2.75, 3.05) is 57.7 Å². The molecular formula is C22H38N4O2+2. The second kappa shape index (κ2) is 11.2. The summed E-state index contributed by atoms with van der Waals surface area (Å²) in [7, 11) is 0. The van der Waals surface area contributed by atoms with Gasteiger partial charge >= 0.3 is 0 Å². The van der Waals surface area contributed by atoms with Crippen molar-refractivity contribution in [3.63, 3.8) is 0 Å². The van der Waals surface area contributed by atoms with Crippen LogP contribution >= 0.6 is 0 Å². The number of piperazine rings is 1. The molecule has 156 valence electrons. The molecule has 1 fully saturated rings. The molecule has 2 rings (SSSR count). The number of para-hydroxylation sites is 1. The highest BCUT2D eigenvalue weighted by atomic mass is 16.2. The Labute approximate surface area is 169 Å². The number of hydrogen-bond donors (Lipinski definition) is 3. The van der Waals surface area contributed by atoms with Crippen molar-refractivity contribution in [3.05, 3.63) is 29.3 Å². The molecule has 1 aliphatic rings. The van der Waals surface area contributed by atoms with Gasteiger partial charge in [-0.2, -0.15) is 0 Å². The topological polar surface area (TPSA) is 58.3 Å². The average Bonchev–Trinajstić information content (AvgIpc) is 2.67. The molecule has 1 heterocycles. The summed E-state index contributed by atoms with van der Waals surface area (Å²) in [6.45, 7) is 14.8. The Balaban J connectivity index is 1.76. The molecule has 6 nitrogen and oxygen atoms in total. The van der Waals surface area contributed by atoms with Gasteiger partial charge in [-0.25, -0.2) is 0 Å². The van der Waals surface area contributed by atoms with E-state index in [0.29, 0.717) is 13.1 Å². The zero-order valence-corrected chi connectivity index (χ0v) is 18.1. The molecule has 1 aromatic rings. The second-order valence-electron chi connectivity index (χ2n) is 8.00. The van der Waals surface area contributed by atoms with Crippen LogP contribution in [-0.4, -0.2) is 69.1 Å². The van der Waals surface area contributed by atoms with Gasteiger partial charge in [-0.3, -0.25) is 9.59 Å². The molecule has 3 N–H and O–H groups in total. The van der Waals surface area contributed by atoms with E-state index in [0.717, 1.165) is 68.9 Å². The lowest BCUT2D eigenvalue weighted by molar-refractivity contribution is -1.00. The highest BCUT2D eigenvalue weighted by Gasteiger charge is 2.27. The first kappa shape index (κ1) is 22.4. The van der Waals surface area contributed by atoms with Crippen LogP contribution in [0.1, 0.15) is 37.8 Å². The van der Waals surface area contributed by atoms with Gasteiger partial charge < -0.3 is 20.0 Å². The summed E-state index contributed by atoms with van der Waals surface area (Å²) in [5.74, 6) is 0.339. The van der Waals surface area contributed by atoms with E-state index in [-0.39, 0.29) is 11.8 Å². The number of quaternary nitrogens is 2. The van der Waals surface area contributed by atoms with E-state index >= 15 is 0 Å². The number of aryl methyl sites for hydroxylation is 2. The maximum atomic E-state index is 12.5. The quantitative estimate of drug-likeness (QED) is 0.541. The summed E-state index contributed by atoms with van der Waals surface area (Å²) in [4.78, 5) is 29.6. The molecule has 1 aromatic carbocycles. The van der Waals surface area contributed by atoms with Gasteiger partial charge in [-0.05, 0) is 38.3 Å². The zero-order chi connectivity index (χ0) is 20.5. The SMILES string of the molecule is CCCCN(CC)C(=O)C[NH+]1CC[NH+](CC(=O)Nc2c(C)cccc2C)CC1. The zero-order valence-electron chi connectivity index (χ0n) is 18.1. The van der Waals surface area contributed by atoms with E-state index in [1.807, 2.05) is 36.9 Å². The second-order valence-corrected chi connectivity index (χ2v) is 8.00. The van der Waals surface area contributed by atoms with Gasteiger partial charge in [-0.15, -0.1) is 0 Å². The molecule has 0 aliphatic carbocycles. The van der Waals surface area contributed by atoms with E-state index < -0.39 is 0 Å². The van der Waals surface area contributed by atoms with E-state index in [2.05, 4.69) is 19.2 Å². The molecule has 28 heavy (non-hydrogen) atoms. The van der Waals surface area contributed by atoms with Gasteiger partial charge in [0.15, 0.2) is 13.1 Å². The van der Waals surface area contributed by atoms with Crippen molar-refractivity contribution >= 4 is 17.5 Å². The van der Waals surface area contributed by atoms with Gasteiger partial charge in [0.1, 0.15) is 26.2 Å². The van der Waals surface area contributed by atoms with Gasteiger partial charge in [0.25, 0.3) is 11.8 Å². The summed E-state index contributed by atoms with van der Waals surface area (Å²) in [6, 6.07) is 6.06. The molecule has 1 aliphatic heterocycles. The van der Waals surface area contributed by atoms with Crippen LogP contribution in [0.5, 0.6) is 0 Å². The third-order valence-corrected chi connectivity index (χ3v) is 5.74. The third kappa shape index (κ3) is 6.60. The molecule has 0 radical (unpaired) electrons. The molecule has 1 saturated heterocycles. The lowest BCUT2D eigenvalue weighted by Crippen LogP contribution is -3.28. The number of benzene rings is 1. The minimum Gasteiger partial charge on any atom is -0.338 e. The van der Waals surface area contributed by atoms with Gasteiger partial charge in [0, 0.05) is 18.8 Å². The summed E-state index contributed by atoms with van der Waals surface area (Å²) < 4.78 is 0. The number of carbonyl (C=O) groups excluding carboxylic acids is 2. The Morgan fingerprint density at radius 2 is 1.57 bits per heavy atom. The van der Waals surface area contributed by atoms with Crippen LogP contribution in [0.3, 0.4) is 0 Å². The first-order valence-electron chi connectivity index (χ1n) is 10.8. The minimum absolute atomic E-state index is 0.0728. The number of carbonyl (C=O) groups is 2. The van der Waals surface area contributed by atoms with Crippen molar-refractivity contribution in [3.8, 4) is 0 Å². The highest BCUT2D eigenvalue weighted by molar-refractivity contribution is 5.93. The fourth-order valence-corrected chi connectivity index (χ4v) is 3.87. The van der Waals surface area contributed by atoms with Crippen LogP contribution in [0.25, 0.3) is 0 Å². The van der Waals surface area contributed by atoms with E-state index in [1.165, 1.54) is 9.80 Å². The van der Waals surface area contributed by atoms with Crippen molar-refractivity contribution in [1.82, 2.24) is 4.90 Å². The number of amides is 2. The maximum absolute atomic E-state index is 12.5. The molecule has 0 atom stereocenters. The summed E-state index contributed by atoms with van der Waals surface area (Å²) in [6.07, 6.45) is 2.19.